The summed E-state index contributed by atoms with van der Waals surface area (Å²) in [6.45, 7) is 8.87. The van der Waals surface area contributed by atoms with E-state index in [9.17, 15) is 19.2 Å². The van der Waals surface area contributed by atoms with Gasteiger partial charge in [0, 0.05) is 13.8 Å². The van der Waals surface area contributed by atoms with Gasteiger partial charge in [-0.25, -0.2) is 0 Å². The van der Waals surface area contributed by atoms with E-state index >= 15 is 0 Å². The SMILES string of the molecule is CCOC(=O)C(C)(C(=O)OCC)[C@@H]1C=C[C@H](C2(C)C(=O)OC(C)(C)OC2=O)O1. The Bertz CT molecular complexity index is 668. The molecule has 0 aliphatic carbocycles. The van der Waals surface area contributed by atoms with Crippen molar-refractivity contribution in [3.8, 4) is 0 Å². The van der Waals surface area contributed by atoms with Crippen molar-refractivity contribution < 1.29 is 42.9 Å². The van der Waals surface area contributed by atoms with Crippen LogP contribution in [0.4, 0.5) is 0 Å². The predicted molar refractivity (Wildman–Crippen MR) is 93.5 cm³/mol. The molecule has 2 atom stereocenters. The number of cyclic esters (lactones) is 2. The summed E-state index contributed by atoms with van der Waals surface area (Å²) in [6, 6.07) is 0. The molecule has 0 aromatic heterocycles. The van der Waals surface area contributed by atoms with Crippen LogP contribution in [0, 0.1) is 10.8 Å². The maximum atomic E-state index is 12.5. The van der Waals surface area contributed by atoms with Gasteiger partial charge in [0.1, 0.15) is 12.2 Å². The molecule has 0 saturated carbocycles. The van der Waals surface area contributed by atoms with E-state index < -0.39 is 52.7 Å². The topological polar surface area (TPSA) is 114 Å². The molecule has 28 heavy (non-hydrogen) atoms. The lowest BCUT2D eigenvalue weighted by Crippen LogP contribution is -2.58. The van der Waals surface area contributed by atoms with Crippen LogP contribution >= 0.6 is 0 Å². The molecule has 1 fully saturated rings. The van der Waals surface area contributed by atoms with E-state index in [2.05, 4.69) is 0 Å². The molecule has 9 nitrogen and oxygen atoms in total. The lowest BCUT2D eigenvalue weighted by atomic mass is 9.83. The van der Waals surface area contributed by atoms with Crippen molar-refractivity contribution in [1.29, 1.82) is 0 Å². The molecular formula is C19H26O9. The molecule has 0 spiro atoms. The van der Waals surface area contributed by atoms with Gasteiger partial charge in [-0.2, -0.15) is 0 Å². The lowest BCUT2D eigenvalue weighted by molar-refractivity contribution is -0.257. The van der Waals surface area contributed by atoms with E-state index in [-0.39, 0.29) is 13.2 Å². The standard InChI is InChI=1S/C19H26O9/c1-7-24-13(20)18(5,14(21)25-8-2)11-9-10-12(26-11)19(6)15(22)27-17(3,4)28-16(19)23/h9-12H,7-8H2,1-6H3/t11-,12+/m0/s1. The van der Waals surface area contributed by atoms with Crippen LogP contribution in [0.15, 0.2) is 12.2 Å². The maximum absolute atomic E-state index is 12.5. The van der Waals surface area contributed by atoms with Crippen LogP contribution in [-0.2, 0) is 42.9 Å². The third-order valence-electron chi connectivity index (χ3n) is 4.82. The number of carbonyl (C=O) groups excluding carboxylic acids is 4. The quantitative estimate of drug-likeness (QED) is 0.282. The van der Waals surface area contributed by atoms with Gasteiger partial charge >= 0.3 is 23.9 Å². The van der Waals surface area contributed by atoms with Gasteiger partial charge in [0.15, 0.2) is 10.8 Å². The molecule has 2 aliphatic heterocycles. The largest absolute Gasteiger partial charge is 0.465 e. The number of rotatable bonds is 6. The van der Waals surface area contributed by atoms with Crippen LogP contribution in [0.1, 0.15) is 41.5 Å². The highest BCUT2D eigenvalue weighted by Gasteiger charge is 2.61. The smallest absolute Gasteiger partial charge is 0.329 e. The van der Waals surface area contributed by atoms with Crippen molar-refractivity contribution in [1.82, 2.24) is 0 Å². The van der Waals surface area contributed by atoms with Crippen LogP contribution in [0.3, 0.4) is 0 Å². The highest BCUT2D eigenvalue weighted by atomic mass is 16.7. The highest BCUT2D eigenvalue weighted by Crippen LogP contribution is 2.42. The molecular weight excluding hydrogens is 372 g/mol. The van der Waals surface area contributed by atoms with Crippen LogP contribution in [0.25, 0.3) is 0 Å². The molecule has 0 aromatic rings. The van der Waals surface area contributed by atoms with Crippen molar-refractivity contribution in [3.63, 3.8) is 0 Å². The fraction of sp³-hybridized carbons (Fsp3) is 0.684. The molecule has 2 rings (SSSR count). The van der Waals surface area contributed by atoms with Crippen LogP contribution < -0.4 is 0 Å². The Morgan fingerprint density at radius 3 is 1.89 bits per heavy atom. The molecule has 0 unspecified atom stereocenters. The van der Waals surface area contributed by atoms with Gasteiger partial charge in [-0.05, 0) is 27.7 Å². The second-order valence-corrected chi connectivity index (χ2v) is 7.39. The molecule has 0 radical (unpaired) electrons. The van der Waals surface area contributed by atoms with Crippen molar-refractivity contribution in [3.05, 3.63) is 12.2 Å². The Kier molecular flexibility index (Phi) is 5.89. The van der Waals surface area contributed by atoms with Crippen LogP contribution in [0.2, 0.25) is 0 Å². The van der Waals surface area contributed by atoms with Gasteiger partial charge in [0.2, 0.25) is 0 Å². The number of hydrogen-bond donors (Lipinski definition) is 0. The molecule has 0 aromatic carbocycles. The van der Waals surface area contributed by atoms with E-state index in [0.717, 1.165) is 0 Å². The van der Waals surface area contributed by atoms with Crippen molar-refractivity contribution in [2.24, 2.45) is 10.8 Å². The number of ether oxygens (including phenoxy) is 5. The molecule has 0 amide bonds. The Hall–Kier alpha value is -2.42. The van der Waals surface area contributed by atoms with Gasteiger partial charge in [-0.1, -0.05) is 12.2 Å². The first-order valence-corrected chi connectivity index (χ1v) is 9.08. The molecule has 156 valence electrons. The second kappa shape index (κ2) is 7.54. The molecule has 1 saturated heterocycles. The summed E-state index contributed by atoms with van der Waals surface area (Å²) in [5.41, 5.74) is -3.60. The van der Waals surface area contributed by atoms with Crippen molar-refractivity contribution in [2.45, 2.75) is 59.5 Å². The zero-order valence-corrected chi connectivity index (χ0v) is 16.9. The van der Waals surface area contributed by atoms with Crippen molar-refractivity contribution in [2.75, 3.05) is 13.2 Å². The summed E-state index contributed by atoms with van der Waals surface area (Å²) in [5, 5.41) is 0. The van der Waals surface area contributed by atoms with Gasteiger partial charge in [0.25, 0.3) is 5.79 Å². The fourth-order valence-corrected chi connectivity index (χ4v) is 2.98. The molecule has 2 heterocycles. The third-order valence-corrected chi connectivity index (χ3v) is 4.82. The fourth-order valence-electron chi connectivity index (χ4n) is 2.98. The van der Waals surface area contributed by atoms with Gasteiger partial charge < -0.3 is 23.7 Å². The van der Waals surface area contributed by atoms with Gasteiger partial charge in [0.05, 0.1) is 13.2 Å². The monoisotopic (exact) mass is 398 g/mol. The molecule has 0 bridgehead atoms. The van der Waals surface area contributed by atoms with Crippen molar-refractivity contribution >= 4 is 23.9 Å². The number of carbonyl (C=O) groups is 4. The normalized spacial score (nSPS) is 25.6. The van der Waals surface area contributed by atoms with E-state index in [1.54, 1.807) is 13.8 Å². The minimum atomic E-state index is -1.81. The summed E-state index contributed by atoms with van der Waals surface area (Å²) >= 11 is 0. The lowest BCUT2D eigenvalue weighted by Gasteiger charge is -2.41. The minimum absolute atomic E-state index is 0.0547. The maximum Gasteiger partial charge on any atom is 0.329 e. The zero-order valence-electron chi connectivity index (χ0n) is 16.9. The van der Waals surface area contributed by atoms with E-state index in [4.69, 9.17) is 23.7 Å². The molecule has 0 N–H and O–H groups in total. The predicted octanol–water partition coefficient (Wildman–Crippen LogP) is 1.28. The average Bonchev–Trinajstić information content (AvgIpc) is 3.09. The van der Waals surface area contributed by atoms with Crippen LogP contribution in [0.5, 0.6) is 0 Å². The van der Waals surface area contributed by atoms with Crippen LogP contribution in [-0.4, -0.2) is 55.1 Å². The summed E-state index contributed by atoms with van der Waals surface area (Å²) in [6.07, 6.45) is 0.659. The van der Waals surface area contributed by atoms with E-state index in [0.29, 0.717) is 0 Å². The Morgan fingerprint density at radius 1 is 1.00 bits per heavy atom. The van der Waals surface area contributed by atoms with E-state index in [1.807, 2.05) is 0 Å². The second-order valence-electron chi connectivity index (χ2n) is 7.39. The third kappa shape index (κ3) is 3.50. The van der Waals surface area contributed by atoms with Gasteiger partial charge in [-0.15, -0.1) is 0 Å². The first kappa shape index (κ1) is 21.9. The number of hydrogen-bond acceptors (Lipinski definition) is 9. The first-order chi connectivity index (χ1) is 12.9. The summed E-state index contributed by atoms with van der Waals surface area (Å²) < 4.78 is 26.2. The summed E-state index contributed by atoms with van der Waals surface area (Å²) in [4.78, 5) is 50.1. The minimum Gasteiger partial charge on any atom is -0.465 e. The van der Waals surface area contributed by atoms with E-state index in [1.165, 1.54) is 39.8 Å². The zero-order chi connectivity index (χ0) is 21.3. The Balaban J connectivity index is 2.31. The molecule has 9 heteroatoms. The highest BCUT2D eigenvalue weighted by molar-refractivity contribution is 6.03. The average molecular weight is 398 g/mol. The van der Waals surface area contributed by atoms with Gasteiger partial charge in [-0.3, -0.25) is 19.2 Å². The number of esters is 4. The summed E-state index contributed by atoms with van der Waals surface area (Å²) in [7, 11) is 0. The first-order valence-electron chi connectivity index (χ1n) is 9.08. The Labute approximate surface area is 163 Å². The summed E-state index contributed by atoms with van der Waals surface area (Å²) in [5.74, 6) is -4.69. The Morgan fingerprint density at radius 2 is 1.46 bits per heavy atom. The molecule has 2 aliphatic rings.